The zero-order chi connectivity index (χ0) is 50.1. The fourth-order valence-electron chi connectivity index (χ4n) is 6.81. The number of amides is 3. The number of nitrogens with one attached hydrogen (secondary N) is 3. The van der Waals surface area contributed by atoms with Crippen molar-refractivity contribution in [3.63, 3.8) is 0 Å². The van der Waals surface area contributed by atoms with Crippen LogP contribution in [0.2, 0.25) is 0 Å². The quantitative estimate of drug-likeness (QED) is 0.0176. The molecular formula is C51H52IrN10O7S3-2. The van der Waals surface area contributed by atoms with Crippen LogP contribution in [0.15, 0.2) is 158 Å². The molecule has 1 atom stereocenters. The van der Waals surface area contributed by atoms with E-state index in [1.165, 1.54) is 10.8 Å². The van der Waals surface area contributed by atoms with Crippen LogP contribution in [0.4, 0.5) is 0 Å². The zero-order valence-electron chi connectivity index (χ0n) is 38.9. The number of nitrogens with zero attached hydrogens (tertiary/aromatic N) is 7. The normalized spacial score (nSPS) is 11.2. The van der Waals surface area contributed by atoms with Gasteiger partial charge in [-0.2, -0.15) is 67.1 Å². The molecule has 5 heterocycles. The molecular weight excluding hydrogens is 1150 g/mol. The molecule has 8 rings (SSSR count). The molecule has 0 aliphatic heterocycles. The van der Waals surface area contributed by atoms with Crippen LogP contribution in [0.25, 0.3) is 33.2 Å². The Labute approximate surface area is 439 Å². The van der Waals surface area contributed by atoms with Gasteiger partial charge in [-0.15, -0.1) is 12.1 Å². The molecule has 0 saturated carbocycles. The van der Waals surface area contributed by atoms with E-state index in [0.29, 0.717) is 30.7 Å². The molecule has 72 heavy (non-hydrogen) atoms. The van der Waals surface area contributed by atoms with Crippen molar-refractivity contribution >= 4 is 77.0 Å². The van der Waals surface area contributed by atoms with Crippen LogP contribution >= 0.6 is 21.6 Å². The SMILES string of the molecule is O=C(CCCC(=O)NC(CS(=O)(=O)O)C(=O)NCCCCC(=O)NCCSSc1ccccn1)Cc1ccnc2c1ccc1cccnc12.[Ir].[c-]1ccccc1-n1cccn1.[c-]1ccccc1-n1cccn1. The number of hydrogen-bond donors (Lipinski definition) is 4. The van der Waals surface area contributed by atoms with E-state index in [1.807, 2.05) is 116 Å². The van der Waals surface area contributed by atoms with E-state index in [0.717, 1.165) is 38.3 Å². The van der Waals surface area contributed by atoms with Gasteiger partial charge in [0.15, 0.2) is 0 Å². The fourth-order valence-corrected chi connectivity index (χ4v) is 9.25. The molecule has 21 heteroatoms. The van der Waals surface area contributed by atoms with E-state index in [2.05, 4.69) is 53.2 Å². The van der Waals surface area contributed by atoms with Gasteiger partial charge in [-0.3, -0.25) is 43.1 Å². The Morgan fingerprint density at radius 2 is 1.33 bits per heavy atom. The summed E-state index contributed by atoms with van der Waals surface area (Å²) in [6.07, 6.45) is 13.8. The van der Waals surface area contributed by atoms with Gasteiger partial charge in [-0.05, 0) is 83.4 Å². The molecule has 5 aromatic heterocycles. The van der Waals surface area contributed by atoms with Crippen LogP contribution in [0.3, 0.4) is 0 Å². The summed E-state index contributed by atoms with van der Waals surface area (Å²) in [6, 6.07) is 38.9. The Kier molecular flexibility index (Phi) is 23.7. The summed E-state index contributed by atoms with van der Waals surface area (Å²) < 4.78 is 36.0. The largest absolute Gasteiger partial charge is 0.355 e. The average Bonchev–Trinajstić information content (AvgIpc) is 4.14. The maximum Gasteiger partial charge on any atom is 0.267 e. The summed E-state index contributed by atoms with van der Waals surface area (Å²) in [6.45, 7) is 0.646. The number of carbonyl (C=O) groups is 4. The van der Waals surface area contributed by atoms with Gasteiger partial charge in [0.25, 0.3) is 10.1 Å². The Hall–Kier alpha value is -6.61. The van der Waals surface area contributed by atoms with Crippen LogP contribution < -0.4 is 16.0 Å². The van der Waals surface area contributed by atoms with Gasteiger partial charge in [0.05, 0.1) is 11.0 Å². The first-order valence-corrected chi connectivity index (χ1v) is 26.5. The number of aromatic nitrogens is 7. The van der Waals surface area contributed by atoms with E-state index in [1.54, 1.807) is 57.2 Å². The van der Waals surface area contributed by atoms with Crippen LogP contribution in [-0.4, -0.2) is 102 Å². The van der Waals surface area contributed by atoms with Gasteiger partial charge in [0.1, 0.15) is 22.6 Å². The molecule has 0 spiro atoms. The molecule has 3 amide bonds. The number of hydrogen-bond acceptors (Lipinski definition) is 13. The summed E-state index contributed by atoms with van der Waals surface area (Å²) in [4.78, 5) is 63.2. The first kappa shape index (κ1) is 56.3. The van der Waals surface area contributed by atoms with Gasteiger partial charge >= 0.3 is 0 Å². The third-order valence-electron chi connectivity index (χ3n) is 10.2. The number of para-hydroxylation sites is 2. The number of pyridine rings is 3. The van der Waals surface area contributed by atoms with Crippen LogP contribution in [-0.2, 0) is 55.8 Å². The number of rotatable bonds is 22. The van der Waals surface area contributed by atoms with E-state index >= 15 is 0 Å². The van der Waals surface area contributed by atoms with Crippen LogP contribution in [0.1, 0.15) is 44.1 Å². The van der Waals surface area contributed by atoms with E-state index in [-0.39, 0.29) is 70.4 Å². The van der Waals surface area contributed by atoms with Crippen LogP contribution in [0.5, 0.6) is 0 Å². The second-order valence-electron chi connectivity index (χ2n) is 15.5. The predicted molar refractivity (Wildman–Crippen MR) is 275 cm³/mol. The maximum absolute atomic E-state index is 12.8. The molecule has 0 bridgehead atoms. The second-order valence-corrected chi connectivity index (χ2v) is 19.4. The summed E-state index contributed by atoms with van der Waals surface area (Å²) >= 11 is 0. The third kappa shape index (κ3) is 19.5. The van der Waals surface area contributed by atoms with Gasteiger partial charge in [0.2, 0.25) is 17.7 Å². The first-order valence-electron chi connectivity index (χ1n) is 22.6. The number of benzene rings is 3. The van der Waals surface area contributed by atoms with Crippen LogP contribution in [0, 0.1) is 12.1 Å². The number of ketones is 1. The Balaban J connectivity index is 0.000000336. The molecule has 4 N–H and O–H groups in total. The second kappa shape index (κ2) is 30.3. The van der Waals surface area contributed by atoms with E-state index in [9.17, 15) is 32.1 Å². The Morgan fingerprint density at radius 1 is 0.653 bits per heavy atom. The molecule has 0 aliphatic rings. The van der Waals surface area contributed by atoms with Crippen molar-refractivity contribution in [1.82, 2.24) is 50.5 Å². The van der Waals surface area contributed by atoms with Gasteiger partial charge < -0.3 is 16.0 Å². The molecule has 377 valence electrons. The summed E-state index contributed by atoms with van der Waals surface area (Å²) in [7, 11) is -1.47. The minimum Gasteiger partial charge on any atom is -0.355 e. The Morgan fingerprint density at radius 3 is 1.97 bits per heavy atom. The minimum atomic E-state index is -4.59. The fraction of sp³-hybridized carbons (Fsp3) is 0.235. The number of fused-ring (bicyclic) bond motifs is 3. The molecule has 3 aromatic carbocycles. The van der Waals surface area contributed by atoms with Crippen molar-refractivity contribution in [2.24, 2.45) is 0 Å². The average molecular weight is 1210 g/mol. The van der Waals surface area contributed by atoms with Crippen molar-refractivity contribution in [3.8, 4) is 11.4 Å². The topological polar surface area (TPSA) is 233 Å². The molecule has 17 nitrogen and oxygen atoms in total. The van der Waals surface area contributed by atoms with Gasteiger partial charge in [-0.1, -0.05) is 35.1 Å². The molecule has 8 aromatic rings. The third-order valence-corrected chi connectivity index (χ3v) is 13.2. The molecule has 0 fully saturated rings. The summed E-state index contributed by atoms with van der Waals surface area (Å²) in [5.74, 6) is -1.91. The number of Topliss-reactive ketones (excluding diaryl/α,β-unsaturated/α-hetero) is 1. The Bertz CT molecular complexity index is 2950. The summed E-state index contributed by atoms with van der Waals surface area (Å²) in [5.41, 5.74) is 4.18. The predicted octanol–water partition coefficient (Wildman–Crippen LogP) is 7.02. The van der Waals surface area contributed by atoms with Crippen molar-refractivity contribution in [2.45, 2.75) is 56.0 Å². The number of unbranched alkanes of at least 4 members (excludes halogenated alkanes) is 1. The van der Waals surface area contributed by atoms with Crippen molar-refractivity contribution in [1.29, 1.82) is 0 Å². The van der Waals surface area contributed by atoms with Gasteiger partial charge in [-0.25, -0.2) is 4.98 Å². The maximum atomic E-state index is 12.8. The molecule has 1 radical (unpaired) electrons. The van der Waals surface area contributed by atoms with E-state index < -0.39 is 33.7 Å². The number of carbonyl (C=O) groups excluding carboxylic acids is 4. The molecule has 0 aliphatic carbocycles. The molecule has 0 saturated heterocycles. The van der Waals surface area contributed by atoms with Crippen molar-refractivity contribution in [2.75, 3.05) is 24.6 Å². The zero-order valence-corrected chi connectivity index (χ0v) is 43.7. The minimum absolute atomic E-state index is 0. The van der Waals surface area contributed by atoms with E-state index in [4.69, 9.17) is 0 Å². The standard InChI is InChI=1S/C33H38N6O7S3.2C9H7N2.Ir/c40-25(21-24-14-18-37-32-26(24)13-12-23-7-6-17-36-31(23)32)8-5-10-29(42)39-27(22-49(44,45)46)33(43)38-16-3-1-9-28(41)34-19-20-47-48-30-11-2-4-15-35-30;2*1-2-5-9(6-3-1)11-8-4-7-10-11;/h2,4,6-7,11-15,17-18,27H,1,3,5,8-10,16,19-22H2,(H,34,41)(H,38,43)(H,39,42)(H,44,45,46);2*1-5,7-8H;/q;2*-1;. The van der Waals surface area contributed by atoms with Crippen molar-refractivity contribution < 1.29 is 52.3 Å². The molecule has 1 unspecified atom stereocenters. The van der Waals surface area contributed by atoms with Gasteiger partial charge in [0, 0.05) is 119 Å². The van der Waals surface area contributed by atoms with Crippen molar-refractivity contribution in [3.05, 3.63) is 170 Å². The smallest absolute Gasteiger partial charge is 0.267 e. The monoisotopic (exact) mass is 1210 g/mol. The summed E-state index contributed by atoms with van der Waals surface area (Å²) in [5, 5.41) is 18.5. The first-order chi connectivity index (χ1) is 34.5.